The van der Waals surface area contributed by atoms with Crippen molar-refractivity contribution >= 4 is 6.09 Å². The molecule has 0 fully saturated rings. The van der Waals surface area contributed by atoms with Gasteiger partial charge in [-0.1, -0.05) is 6.92 Å². The van der Waals surface area contributed by atoms with E-state index in [2.05, 4.69) is 18.2 Å². The van der Waals surface area contributed by atoms with Gasteiger partial charge in [-0.3, -0.25) is 0 Å². The maximum atomic E-state index is 11.3. The van der Waals surface area contributed by atoms with E-state index in [0.29, 0.717) is 12.5 Å². The lowest BCUT2D eigenvalue weighted by molar-refractivity contribution is 0.0520. The first kappa shape index (κ1) is 13.8. The molecule has 3 nitrogen and oxygen atoms in total. The molecule has 0 aromatic carbocycles. The van der Waals surface area contributed by atoms with Crippen molar-refractivity contribution in [3.63, 3.8) is 0 Å². The fourth-order valence-electron chi connectivity index (χ4n) is 1.00. The maximum Gasteiger partial charge on any atom is 0.407 e. The molecule has 0 spiro atoms. The van der Waals surface area contributed by atoms with Gasteiger partial charge in [-0.2, -0.15) is 0 Å². The number of ether oxygens (including phenoxy) is 1. The summed E-state index contributed by atoms with van der Waals surface area (Å²) in [4.78, 5) is 11.3. The quantitative estimate of drug-likeness (QED) is 0.726. The van der Waals surface area contributed by atoms with E-state index in [1.54, 1.807) is 0 Å². The number of terminal acetylenes is 1. The highest BCUT2D eigenvalue weighted by Crippen LogP contribution is 2.07. The van der Waals surface area contributed by atoms with Gasteiger partial charge in [0.2, 0.25) is 0 Å². The van der Waals surface area contributed by atoms with Crippen LogP contribution < -0.4 is 5.32 Å². The van der Waals surface area contributed by atoms with Crippen molar-refractivity contribution in [2.24, 2.45) is 5.92 Å². The summed E-state index contributed by atoms with van der Waals surface area (Å²) in [5.41, 5.74) is -0.438. The Labute approximate surface area is 92.6 Å². The van der Waals surface area contributed by atoms with Crippen molar-refractivity contribution < 1.29 is 9.53 Å². The molecular weight excluding hydrogens is 190 g/mol. The monoisotopic (exact) mass is 211 g/mol. The van der Waals surface area contributed by atoms with Crippen LogP contribution in [0.4, 0.5) is 4.79 Å². The second-order valence-electron chi connectivity index (χ2n) is 4.73. The summed E-state index contributed by atoms with van der Waals surface area (Å²) in [7, 11) is 0. The van der Waals surface area contributed by atoms with Gasteiger partial charge >= 0.3 is 6.09 Å². The van der Waals surface area contributed by atoms with E-state index in [1.165, 1.54) is 0 Å². The summed E-state index contributed by atoms with van der Waals surface area (Å²) in [6.07, 6.45) is 6.46. The third-order valence-corrected chi connectivity index (χ3v) is 1.78. The average molecular weight is 211 g/mol. The Kier molecular flexibility index (Phi) is 5.84. The van der Waals surface area contributed by atoms with Crippen molar-refractivity contribution in [1.82, 2.24) is 5.32 Å². The van der Waals surface area contributed by atoms with Crippen LogP contribution in [0.15, 0.2) is 0 Å². The van der Waals surface area contributed by atoms with Crippen LogP contribution in [0.5, 0.6) is 0 Å². The fraction of sp³-hybridized carbons (Fsp3) is 0.750. The van der Waals surface area contributed by atoms with E-state index in [0.717, 1.165) is 12.8 Å². The summed E-state index contributed by atoms with van der Waals surface area (Å²) in [6, 6.07) is 0. The number of carbonyl (C=O) groups is 1. The van der Waals surface area contributed by atoms with Gasteiger partial charge in [0.05, 0.1) is 0 Å². The molecule has 0 saturated carbocycles. The Balaban J connectivity index is 3.68. The number of amides is 1. The minimum Gasteiger partial charge on any atom is -0.444 e. The Morgan fingerprint density at radius 3 is 2.60 bits per heavy atom. The van der Waals surface area contributed by atoms with E-state index < -0.39 is 5.60 Å². The van der Waals surface area contributed by atoms with Gasteiger partial charge in [0.15, 0.2) is 0 Å². The topological polar surface area (TPSA) is 38.3 Å². The van der Waals surface area contributed by atoms with Crippen LogP contribution in [0.25, 0.3) is 0 Å². The number of rotatable bonds is 4. The first-order valence-electron chi connectivity index (χ1n) is 5.25. The van der Waals surface area contributed by atoms with E-state index in [4.69, 9.17) is 11.2 Å². The Hall–Kier alpha value is -1.17. The van der Waals surface area contributed by atoms with Gasteiger partial charge in [-0.25, -0.2) is 4.79 Å². The van der Waals surface area contributed by atoms with E-state index in [-0.39, 0.29) is 6.09 Å². The van der Waals surface area contributed by atoms with Crippen LogP contribution >= 0.6 is 0 Å². The Bertz CT molecular complexity index is 235. The molecule has 1 amide bonds. The van der Waals surface area contributed by atoms with Crippen molar-refractivity contribution in [1.29, 1.82) is 0 Å². The van der Waals surface area contributed by atoms with Crippen molar-refractivity contribution in [3.05, 3.63) is 0 Å². The summed E-state index contributed by atoms with van der Waals surface area (Å²) in [6.45, 7) is 8.18. The van der Waals surface area contributed by atoms with Gasteiger partial charge in [-0.05, 0) is 33.1 Å². The first-order chi connectivity index (χ1) is 6.85. The molecule has 0 bridgehead atoms. The zero-order valence-electron chi connectivity index (χ0n) is 10.1. The average Bonchev–Trinajstić information content (AvgIpc) is 2.08. The van der Waals surface area contributed by atoms with E-state index >= 15 is 0 Å². The van der Waals surface area contributed by atoms with Gasteiger partial charge in [-0.15, -0.1) is 12.3 Å². The van der Waals surface area contributed by atoms with Crippen molar-refractivity contribution in [2.45, 2.75) is 46.1 Å². The largest absolute Gasteiger partial charge is 0.444 e. The summed E-state index contributed by atoms with van der Waals surface area (Å²) < 4.78 is 5.10. The number of carbonyl (C=O) groups excluding carboxylic acids is 1. The van der Waals surface area contributed by atoms with Crippen LogP contribution in [0.1, 0.15) is 40.5 Å². The number of nitrogens with one attached hydrogen (secondary N) is 1. The van der Waals surface area contributed by atoms with Gasteiger partial charge in [0.25, 0.3) is 0 Å². The second-order valence-corrected chi connectivity index (χ2v) is 4.73. The zero-order chi connectivity index (χ0) is 11.9. The lowest BCUT2D eigenvalue weighted by Crippen LogP contribution is -2.34. The summed E-state index contributed by atoms with van der Waals surface area (Å²) in [5, 5.41) is 2.72. The molecule has 0 aromatic heterocycles. The number of hydrogen-bond donors (Lipinski definition) is 1. The SMILES string of the molecule is C#CCCC(C)CNC(=O)OC(C)(C)C. The second kappa shape index (κ2) is 6.34. The number of alkyl carbamates (subject to hydrolysis) is 1. The molecule has 0 saturated heterocycles. The molecule has 3 heteroatoms. The van der Waals surface area contributed by atoms with E-state index in [9.17, 15) is 4.79 Å². The lowest BCUT2D eigenvalue weighted by atomic mass is 10.1. The Morgan fingerprint density at radius 2 is 2.13 bits per heavy atom. The molecule has 0 aliphatic rings. The van der Waals surface area contributed by atoms with Gasteiger partial charge < -0.3 is 10.1 Å². The third-order valence-electron chi connectivity index (χ3n) is 1.78. The van der Waals surface area contributed by atoms with Crippen LogP contribution in [0, 0.1) is 18.3 Å². The van der Waals surface area contributed by atoms with Gasteiger partial charge in [0, 0.05) is 13.0 Å². The molecule has 0 aromatic rings. The van der Waals surface area contributed by atoms with Crippen LogP contribution in [-0.4, -0.2) is 18.2 Å². The predicted octanol–water partition coefficient (Wildman–Crippen LogP) is 2.56. The van der Waals surface area contributed by atoms with Crippen LogP contribution in [0.3, 0.4) is 0 Å². The molecule has 1 N–H and O–H groups in total. The van der Waals surface area contributed by atoms with Crippen molar-refractivity contribution in [3.8, 4) is 12.3 Å². The molecular formula is C12H21NO2. The van der Waals surface area contributed by atoms with Gasteiger partial charge in [0.1, 0.15) is 5.60 Å². The zero-order valence-corrected chi connectivity index (χ0v) is 10.1. The smallest absolute Gasteiger partial charge is 0.407 e. The standard InChI is InChI=1S/C12H21NO2/c1-6-7-8-10(2)9-13-11(14)15-12(3,4)5/h1,10H,7-9H2,2-5H3,(H,13,14). The molecule has 15 heavy (non-hydrogen) atoms. The lowest BCUT2D eigenvalue weighted by Gasteiger charge is -2.20. The molecule has 0 aliphatic heterocycles. The predicted molar refractivity (Wildman–Crippen MR) is 61.5 cm³/mol. The highest BCUT2D eigenvalue weighted by molar-refractivity contribution is 5.67. The third kappa shape index (κ3) is 9.14. The summed E-state index contributed by atoms with van der Waals surface area (Å²) >= 11 is 0. The highest BCUT2D eigenvalue weighted by Gasteiger charge is 2.16. The first-order valence-corrected chi connectivity index (χ1v) is 5.25. The number of hydrogen-bond acceptors (Lipinski definition) is 2. The Morgan fingerprint density at radius 1 is 1.53 bits per heavy atom. The minimum atomic E-state index is -0.438. The molecule has 0 aliphatic carbocycles. The molecule has 0 radical (unpaired) electrons. The summed E-state index contributed by atoms with van der Waals surface area (Å²) in [5.74, 6) is 2.96. The minimum absolute atomic E-state index is 0.366. The van der Waals surface area contributed by atoms with E-state index in [1.807, 2.05) is 20.8 Å². The van der Waals surface area contributed by atoms with Crippen molar-refractivity contribution in [2.75, 3.05) is 6.54 Å². The molecule has 0 heterocycles. The molecule has 1 atom stereocenters. The maximum absolute atomic E-state index is 11.3. The molecule has 1 unspecified atom stereocenters. The highest BCUT2D eigenvalue weighted by atomic mass is 16.6. The normalized spacial score (nSPS) is 12.7. The molecule has 86 valence electrons. The van der Waals surface area contributed by atoms with Crippen LogP contribution in [-0.2, 0) is 4.74 Å². The molecule has 0 rings (SSSR count). The van der Waals surface area contributed by atoms with Crippen LogP contribution in [0.2, 0.25) is 0 Å². The fourth-order valence-corrected chi connectivity index (χ4v) is 1.00.